The lowest BCUT2D eigenvalue weighted by atomic mass is 10.2. The average molecular weight is 238 g/mol. The smallest absolute Gasteiger partial charge is 0.407 e. The molecule has 1 aromatic rings. The van der Waals surface area contributed by atoms with Crippen LogP contribution in [0.25, 0.3) is 0 Å². The molecule has 2 N–H and O–H groups in total. The lowest BCUT2D eigenvalue weighted by Gasteiger charge is -2.19. The summed E-state index contributed by atoms with van der Waals surface area (Å²) in [5, 5.41) is 2.63. The molecule has 0 fully saturated rings. The maximum absolute atomic E-state index is 11.3. The van der Waals surface area contributed by atoms with Crippen LogP contribution in [0.5, 0.6) is 0 Å². The van der Waals surface area contributed by atoms with Gasteiger partial charge in [0, 0.05) is 18.8 Å². The van der Waals surface area contributed by atoms with Crippen molar-refractivity contribution >= 4 is 6.09 Å². The number of amides is 1. The Bertz CT molecular complexity index is 432. The van der Waals surface area contributed by atoms with Gasteiger partial charge in [-0.1, -0.05) is 0 Å². The maximum Gasteiger partial charge on any atom is 0.407 e. The summed E-state index contributed by atoms with van der Waals surface area (Å²) in [5.74, 6) is 0. The number of nitrogens with one attached hydrogen (secondary N) is 2. The molecule has 5 nitrogen and oxygen atoms in total. The Morgan fingerprint density at radius 3 is 2.76 bits per heavy atom. The lowest BCUT2D eigenvalue weighted by molar-refractivity contribution is 0.0528. The van der Waals surface area contributed by atoms with Gasteiger partial charge in [-0.2, -0.15) is 0 Å². The zero-order valence-electron chi connectivity index (χ0n) is 10.4. The number of aromatic nitrogens is 1. The van der Waals surface area contributed by atoms with Gasteiger partial charge >= 0.3 is 6.09 Å². The van der Waals surface area contributed by atoms with Gasteiger partial charge in [-0.25, -0.2) is 4.79 Å². The molecule has 0 aliphatic carbocycles. The standard InChI is InChI=1S/C12H18N2O3/c1-12(2,3)17-11(16)14-7-5-9-4-6-13-10(15)8-9/h4,6,8H,5,7H2,1-3H3,(H,13,15)(H,14,16). The first-order chi connectivity index (χ1) is 7.87. The molecule has 0 aliphatic rings. The van der Waals surface area contributed by atoms with E-state index in [0.29, 0.717) is 13.0 Å². The first-order valence-electron chi connectivity index (χ1n) is 5.51. The second-order valence-corrected chi connectivity index (χ2v) is 4.74. The highest BCUT2D eigenvalue weighted by atomic mass is 16.6. The largest absolute Gasteiger partial charge is 0.444 e. The van der Waals surface area contributed by atoms with Crippen molar-refractivity contribution in [3.63, 3.8) is 0 Å². The molecule has 0 unspecified atom stereocenters. The summed E-state index contributed by atoms with van der Waals surface area (Å²) in [6, 6.07) is 3.31. The number of aromatic amines is 1. The predicted octanol–water partition coefficient (Wildman–Crippen LogP) is 1.44. The molecule has 1 rings (SSSR count). The molecule has 0 saturated carbocycles. The fourth-order valence-corrected chi connectivity index (χ4v) is 1.27. The SMILES string of the molecule is CC(C)(C)OC(=O)NCCc1cc[nH]c(=O)c1. The highest BCUT2D eigenvalue weighted by molar-refractivity contribution is 5.67. The summed E-state index contributed by atoms with van der Waals surface area (Å²) in [6.07, 6.45) is 1.75. The Hall–Kier alpha value is -1.78. The van der Waals surface area contributed by atoms with Gasteiger partial charge in [0.2, 0.25) is 5.56 Å². The maximum atomic E-state index is 11.3. The zero-order valence-corrected chi connectivity index (χ0v) is 10.4. The van der Waals surface area contributed by atoms with E-state index in [-0.39, 0.29) is 5.56 Å². The van der Waals surface area contributed by atoms with Crippen molar-refractivity contribution < 1.29 is 9.53 Å². The molecular formula is C12H18N2O3. The monoisotopic (exact) mass is 238 g/mol. The van der Waals surface area contributed by atoms with Crippen LogP contribution in [0, 0.1) is 0 Å². The zero-order chi connectivity index (χ0) is 12.9. The Labute approximate surface area is 100 Å². The molecule has 0 atom stereocenters. The van der Waals surface area contributed by atoms with Gasteiger partial charge in [-0.05, 0) is 38.8 Å². The van der Waals surface area contributed by atoms with E-state index >= 15 is 0 Å². The molecule has 0 radical (unpaired) electrons. The Balaban J connectivity index is 2.33. The minimum atomic E-state index is -0.492. The Kier molecular flexibility index (Phi) is 4.31. The molecular weight excluding hydrogens is 220 g/mol. The van der Waals surface area contributed by atoms with Crippen LogP contribution in [0.15, 0.2) is 23.1 Å². The number of hydrogen-bond acceptors (Lipinski definition) is 3. The van der Waals surface area contributed by atoms with E-state index in [9.17, 15) is 9.59 Å². The Morgan fingerprint density at radius 1 is 1.47 bits per heavy atom. The molecule has 0 saturated heterocycles. The van der Waals surface area contributed by atoms with Gasteiger partial charge < -0.3 is 15.0 Å². The fraction of sp³-hybridized carbons (Fsp3) is 0.500. The highest BCUT2D eigenvalue weighted by Crippen LogP contribution is 2.06. The number of H-pyrrole nitrogens is 1. The molecule has 0 spiro atoms. The molecule has 17 heavy (non-hydrogen) atoms. The van der Waals surface area contributed by atoms with E-state index in [4.69, 9.17) is 4.74 Å². The van der Waals surface area contributed by atoms with Crippen molar-refractivity contribution in [3.05, 3.63) is 34.2 Å². The molecule has 0 bridgehead atoms. The third-order valence-electron chi connectivity index (χ3n) is 1.92. The number of rotatable bonds is 3. The first kappa shape index (κ1) is 13.3. The number of carbonyl (C=O) groups is 1. The van der Waals surface area contributed by atoms with Crippen LogP contribution in [0.1, 0.15) is 26.3 Å². The molecule has 1 amide bonds. The average Bonchev–Trinajstić information content (AvgIpc) is 2.14. The lowest BCUT2D eigenvalue weighted by Crippen LogP contribution is -2.33. The van der Waals surface area contributed by atoms with Gasteiger partial charge in [0.05, 0.1) is 0 Å². The molecule has 1 aromatic heterocycles. The number of pyridine rings is 1. The second-order valence-electron chi connectivity index (χ2n) is 4.74. The normalized spacial score (nSPS) is 11.0. The quantitative estimate of drug-likeness (QED) is 0.837. The third kappa shape index (κ3) is 5.75. The van der Waals surface area contributed by atoms with Crippen LogP contribution >= 0.6 is 0 Å². The van der Waals surface area contributed by atoms with Crippen LogP contribution in [0.3, 0.4) is 0 Å². The molecule has 0 aliphatic heterocycles. The van der Waals surface area contributed by atoms with Gasteiger partial charge in [0.25, 0.3) is 0 Å². The van der Waals surface area contributed by atoms with Crippen molar-refractivity contribution in [3.8, 4) is 0 Å². The van der Waals surface area contributed by atoms with Gasteiger partial charge in [-0.15, -0.1) is 0 Å². The van der Waals surface area contributed by atoms with E-state index in [1.54, 1.807) is 12.3 Å². The van der Waals surface area contributed by atoms with Crippen LogP contribution in [-0.4, -0.2) is 23.2 Å². The van der Waals surface area contributed by atoms with Crippen LogP contribution in [0.2, 0.25) is 0 Å². The number of ether oxygens (including phenoxy) is 1. The van der Waals surface area contributed by atoms with Crippen molar-refractivity contribution in [2.24, 2.45) is 0 Å². The van der Waals surface area contributed by atoms with Crippen LogP contribution in [-0.2, 0) is 11.2 Å². The third-order valence-corrected chi connectivity index (χ3v) is 1.92. The topological polar surface area (TPSA) is 71.2 Å². The van der Waals surface area contributed by atoms with E-state index in [1.807, 2.05) is 20.8 Å². The van der Waals surface area contributed by atoms with Crippen molar-refractivity contribution in [1.82, 2.24) is 10.3 Å². The number of hydrogen-bond donors (Lipinski definition) is 2. The minimum Gasteiger partial charge on any atom is -0.444 e. The van der Waals surface area contributed by atoms with Gasteiger partial charge in [0.15, 0.2) is 0 Å². The van der Waals surface area contributed by atoms with Crippen molar-refractivity contribution in [2.45, 2.75) is 32.8 Å². The highest BCUT2D eigenvalue weighted by Gasteiger charge is 2.15. The summed E-state index contributed by atoms with van der Waals surface area (Å²) in [7, 11) is 0. The molecule has 5 heteroatoms. The molecule has 94 valence electrons. The molecule has 0 aromatic carbocycles. The van der Waals surface area contributed by atoms with Crippen molar-refractivity contribution in [1.29, 1.82) is 0 Å². The summed E-state index contributed by atoms with van der Waals surface area (Å²) < 4.78 is 5.08. The van der Waals surface area contributed by atoms with Crippen LogP contribution < -0.4 is 10.9 Å². The van der Waals surface area contributed by atoms with E-state index in [2.05, 4.69) is 10.3 Å². The van der Waals surface area contributed by atoms with Crippen LogP contribution in [0.4, 0.5) is 4.79 Å². The summed E-state index contributed by atoms with van der Waals surface area (Å²) in [4.78, 5) is 24.9. The number of carbonyl (C=O) groups excluding carboxylic acids is 1. The van der Waals surface area contributed by atoms with Crippen molar-refractivity contribution in [2.75, 3.05) is 6.54 Å². The van der Waals surface area contributed by atoms with E-state index in [0.717, 1.165) is 5.56 Å². The van der Waals surface area contributed by atoms with E-state index < -0.39 is 11.7 Å². The second kappa shape index (κ2) is 5.52. The predicted molar refractivity (Wildman–Crippen MR) is 65.0 cm³/mol. The van der Waals surface area contributed by atoms with Gasteiger partial charge in [-0.3, -0.25) is 4.79 Å². The summed E-state index contributed by atoms with van der Waals surface area (Å²) >= 11 is 0. The minimum absolute atomic E-state index is 0.139. The van der Waals surface area contributed by atoms with Gasteiger partial charge in [0.1, 0.15) is 5.60 Å². The summed E-state index contributed by atoms with van der Waals surface area (Å²) in [5.41, 5.74) is 0.248. The van der Waals surface area contributed by atoms with E-state index in [1.165, 1.54) is 6.07 Å². The summed E-state index contributed by atoms with van der Waals surface area (Å²) in [6.45, 7) is 5.87. The molecule has 1 heterocycles. The first-order valence-corrected chi connectivity index (χ1v) is 5.51. The number of alkyl carbamates (subject to hydrolysis) is 1. The fourth-order valence-electron chi connectivity index (χ4n) is 1.27. The Morgan fingerprint density at radius 2 is 2.18 bits per heavy atom.